The molecule has 0 radical (unpaired) electrons. The van der Waals surface area contributed by atoms with Crippen molar-refractivity contribution in [2.45, 2.75) is 6.92 Å². The maximum atomic E-state index is 6.18. The number of ether oxygens (including phenoxy) is 1. The van der Waals surface area contributed by atoms with E-state index in [2.05, 4.69) is 10.3 Å². The number of aromatic nitrogens is 3. The molecule has 5 nitrogen and oxygen atoms in total. The van der Waals surface area contributed by atoms with E-state index in [9.17, 15) is 0 Å². The second kappa shape index (κ2) is 8.06. The first-order valence-corrected chi connectivity index (χ1v) is 9.39. The number of nitrogens with one attached hydrogen (secondary N) is 1. The first-order valence-electron chi connectivity index (χ1n) is 7.76. The number of nitrogens with zero attached hydrogens (tertiary/aromatic N) is 3. The van der Waals surface area contributed by atoms with Crippen LogP contribution in [0.4, 0.5) is 10.8 Å². The molecule has 140 valence electrons. The van der Waals surface area contributed by atoms with Gasteiger partial charge >= 0.3 is 0 Å². The summed E-state index contributed by atoms with van der Waals surface area (Å²) in [7, 11) is 1.59. The van der Waals surface area contributed by atoms with Gasteiger partial charge in [-0.15, -0.1) is 28.3 Å². The van der Waals surface area contributed by atoms with E-state index >= 15 is 0 Å². The molecule has 0 aliphatic rings. The second-order valence-electron chi connectivity index (χ2n) is 5.63. The quantitative estimate of drug-likeness (QED) is 0.363. The maximum absolute atomic E-state index is 6.18. The molecule has 0 spiro atoms. The molecule has 0 aliphatic carbocycles. The second-order valence-corrected chi connectivity index (χ2v) is 7.34. The number of thiazole rings is 1. The summed E-state index contributed by atoms with van der Waals surface area (Å²) in [4.78, 5) is 9.26. The molecule has 0 amide bonds. The van der Waals surface area contributed by atoms with Crippen LogP contribution in [0.1, 0.15) is 5.69 Å². The van der Waals surface area contributed by atoms with Crippen LogP contribution in [-0.2, 0) is 0 Å². The van der Waals surface area contributed by atoms with Crippen LogP contribution in [0.3, 0.4) is 0 Å². The molecule has 1 aromatic carbocycles. The Bertz CT molecular complexity index is 1110. The molecule has 4 aromatic rings. The van der Waals surface area contributed by atoms with Crippen molar-refractivity contribution in [3.8, 4) is 17.1 Å². The van der Waals surface area contributed by atoms with Gasteiger partial charge in [-0.25, -0.2) is 9.97 Å². The molecule has 1 N–H and O–H groups in total. The summed E-state index contributed by atoms with van der Waals surface area (Å²) in [5.41, 5.74) is 4.35. The number of rotatable bonds is 4. The van der Waals surface area contributed by atoms with E-state index < -0.39 is 0 Å². The van der Waals surface area contributed by atoms with Gasteiger partial charge in [0, 0.05) is 17.3 Å². The van der Waals surface area contributed by atoms with Gasteiger partial charge in [-0.2, -0.15) is 0 Å². The highest BCUT2D eigenvalue weighted by Crippen LogP contribution is 2.32. The number of anilines is 2. The van der Waals surface area contributed by atoms with Crippen LogP contribution in [0, 0.1) is 6.92 Å². The molecule has 0 aliphatic heterocycles. The molecule has 9 heteroatoms. The third-order valence-corrected chi connectivity index (χ3v) is 5.18. The molecule has 0 fully saturated rings. The lowest BCUT2D eigenvalue weighted by Gasteiger charge is -2.06. The van der Waals surface area contributed by atoms with Gasteiger partial charge in [0.1, 0.15) is 17.1 Å². The van der Waals surface area contributed by atoms with Gasteiger partial charge in [0.2, 0.25) is 0 Å². The SMILES string of the molecule is Br.COc1ccc(Nc2nc(-c3c(C)nc4ccc(Cl)cn34)cs2)cc1Cl. The van der Waals surface area contributed by atoms with E-state index in [1.54, 1.807) is 13.2 Å². The van der Waals surface area contributed by atoms with Crippen molar-refractivity contribution in [3.05, 3.63) is 57.6 Å². The van der Waals surface area contributed by atoms with Gasteiger partial charge in [0.15, 0.2) is 5.13 Å². The van der Waals surface area contributed by atoms with Crippen molar-refractivity contribution in [1.29, 1.82) is 0 Å². The van der Waals surface area contributed by atoms with Crippen molar-refractivity contribution in [2.75, 3.05) is 12.4 Å². The molecule has 3 aromatic heterocycles. The van der Waals surface area contributed by atoms with Crippen molar-refractivity contribution < 1.29 is 4.74 Å². The summed E-state index contributed by atoms with van der Waals surface area (Å²) in [5, 5.41) is 7.22. The summed E-state index contributed by atoms with van der Waals surface area (Å²) < 4.78 is 7.13. The predicted octanol–water partition coefficient (Wildman–Crippen LogP) is 6.40. The fourth-order valence-electron chi connectivity index (χ4n) is 2.75. The molecule has 0 atom stereocenters. The summed E-state index contributed by atoms with van der Waals surface area (Å²) in [6.45, 7) is 1.96. The summed E-state index contributed by atoms with van der Waals surface area (Å²) in [6, 6.07) is 9.24. The van der Waals surface area contributed by atoms with Crippen molar-refractivity contribution in [2.24, 2.45) is 0 Å². The monoisotopic (exact) mass is 484 g/mol. The zero-order valence-corrected chi connectivity index (χ0v) is 18.4. The van der Waals surface area contributed by atoms with Gasteiger partial charge in [-0.3, -0.25) is 4.40 Å². The predicted molar refractivity (Wildman–Crippen MR) is 118 cm³/mol. The Hall–Kier alpha value is -1.80. The molecule has 0 unspecified atom stereocenters. The average Bonchev–Trinajstić information content (AvgIpc) is 3.18. The van der Waals surface area contributed by atoms with E-state index in [-0.39, 0.29) is 17.0 Å². The highest BCUT2D eigenvalue weighted by atomic mass is 79.9. The highest BCUT2D eigenvalue weighted by molar-refractivity contribution is 8.93. The fourth-order valence-corrected chi connectivity index (χ4v) is 3.89. The molecular formula is C18H15BrCl2N4OS. The number of imidazole rings is 1. The first kappa shape index (κ1) is 19.9. The Labute approximate surface area is 180 Å². The van der Waals surface area contributed by atoms with Crippen LogP contribution in [0.5, 0.6) is 5.75 Å². The van der Waals surface area contributed by atoms with E-state index in [0.29, 0.717) is 15.8 Å². The highest BCUT2D eigenvalue weighted by Gasteiger charge is 2.15. The Morgan fingerprint density at radius 1 is 1.15 bits per heavy atom. The molecule has 3 heterocycles. The van der Waals surface area contributed by atoms with Crippen LogP contribution in [0.15, 0.2) is 41.9 Å². The van der Waals surface area contributed by atoms with Crippen LogP contribution in [0.25, 0.3) is 17.0 Å². The standard InChI is InChI=1S/C18H14Cl2N4OS.BrH/c1-10-17(24-8-11(19)3-6-16(24)21-10)14-9-26-18(23-14)22-12-4-5-15(25-2)13(20)7-12;/h3-9H,1-2H3,(H,22,23);1H. The fraction of sp³-hybridized carbons (Fsp3) is 0.111. The molecule has 0 saturated carbocycles. The van der Waals surface area contributed by atoms with E-state index in [1.165, 1.54) is 11.3 Å². The smallest absolute Gasteiger partial charge is 0.187 e. The summed E-state index contributed by atoms with van der Waals surface area (Å²) >= 11 is 13.8. The molecule has 0 bridgehead atoms. The molecular weight excluding hydrogens is 471 g/mol. The van der Waals surface area contributed by atoms with Crippen LogP contribution in [-0.4, -0.2) is 21.5 Å². The number of hydrogen-bond acceptors (Lipinski definition) is 5. The van der Waals surface area contributed by atoms with Gasteiger partial charge in [-0.05, 0) is 37.3 Å². The number of benzene rings is 1. The van der Waals surface area contributed by atoms with Crippen molar-refractivity contribution >= 4 is 68.0 Å². The third-order valence-electron chi connectivity index (χ3n) is 3.91. The number of hydrogen-bond donors (Lipinski definition) is 1. The minimum atomic E-state index is 0. The van der Waals surface area contributed by atoms with Gasteiger partial charge in [0.25, 0.3) is 0 Å². The largest absolute Gasteiger partial charge is 0.495 e. The molecule has 27 heavy (non-hydrogen) atoms. The van der Waals surface area contributed by atoms with Gasteiger partial charge in [0.05, 0.1) is 28.5 Å². The first-order chi connectivity index (χ1) is 12.5. The minimum absolute atomic E-state index is 0. The Morgan fingerprint density at radius 3 is 2.70 bits per heavy atom. The Morgan fingerprint density at radius 2 is 1.96 bits per heavy atom. The molecule has 4 rings (SSSR count). The lowest BCUT2D eigenvalue weighted by Crippen LogP contribution is -1.93. The lowest BCUT2D eigenvalue weighted by atomic mass is 10.3. The van der Waals surface area contributed by atoms with E-state index in [4.69, 9.17) is 32.9 Å². The summed E-state index contributed by atoms with van der Waals surface area (Å²) in [6.07, 6.45) is 1.85. The van der Waals surface area contributed by atoms with Crippen molar-refractivity contribution in [1.82, 2.24) is 14.4 Å². The Kier molecular flexibility index (Phi) is 5.95. The van der Waals surface area contributed by atoms with Crippen molar-refractivity contribution in [3.63, 3.8) is 0 Å². The molecule has 0 saturated heterocycles. The minimum Gasteiger partial charge on any atom is -0.495 e. The lowest BCUT2D eigenvalue weighted by molar-refractivity contribution is 0.415. The maximum Gasteiger partial charge on any atom is 0.187 e. The van der Waals surface area contributed by atoms with Crippen LogP contribution in [0.2, 0.25) is 10.0 Å². The zero-order chi connectivity index (χ0) is 18.3. The zero-order valence-electron chi connectivity index (χ0n) is 14.4. The van der Waals surface area contributed by atoms with E-state index in [1.807, 2.05) is 47.2 Å². The van der Waals surface area contributed by atoms with E-state index in [0.717, 1.165) is 33.5 Å². The third kappa shape index (κ3) is 3.91. The number of fused-ring (bicyclic) bond motifs is 1. The Balaban J connectivity index is 0.00000210. The number of aryl methyl sites for hydroxylation is 1. The number of methoxy groups -OCH3 is 1. The number of halogens is 3. The van der Waals surface area contributed by atoms with Crippen LogP contribution >= 0.6 is 51.5 Å². The topological polar surface area (TPSA) is 51.5 Å². The average molecular weight is 486 g/mol. The van der Waals surface area contributed by atoms with Gasteiger partial charge in [-0.1, -0.05) is 23.2 Å². The van der Waals surface area contributed by atoms with Gasteiger partial charge < -0.3 is 10.1 Å². The number of pyridine rings is 1. The van der Waals surface area contributed by atoms with Crippen LogP contribution < -0.4 is 10.1 Å². The normalized spacial score (nSPS) is 10.7. The summed E-state index contributed by atoms with van der Waals surface area (Å²) in [5.74, 6) is 0.635.